The number of ketones is 1. The lowest BCUT2D eigenvalue weighted by molar-refractivity contribution is -0.116. The number of anilines is 1. The maximum Gasteiger partial charge on any atom is 0.417 e. The van der Waals surface area contributed by atoms with E-state index in [1.807, 2.05) is 0 Å². The van der Waals surface area contributed by atoms with Gasteiger partial charge in [0, 0.05) is 24.1 Å². The molecule has 0 aliphatic carbocycles. The van der Waals surface area contributed by atoms with Gasteiger partial charge in [0.1, 0.15) is 5.75 Å². The number of methoxy groups -OCH3 is 1. The molecule has 7 heteroatoms. The number of nitrogens with one attached hydrogen (secondary N) is 2. The number of H-pyrrole nitrogens is 1. The third-order valence-electron chi connectivity index (χ3n) is 3.70. The van der Waals surface area contributed by atoms with Gasteiger partial charge >= 0.3 is 5.76 Å². The normalized spacial score (nSPS) is 10.6. The maximum atomic E-state index is 12.2. The summed E-state index contributed by atoms with van der Waals surface area (Å²) in [6, 6.07) is 11.6. The zero-order valence-electron chi connectivity index (χ0n) is 13.5. The number of carbonyl (C=O) groups excluding carboxylic acids is 2. The van der Waals surface area contributed by atoms with Crippen LogP contribution in [0.15, 0.2) is 51.7 Å². The zero-order chi connectivity index (χ0) is 17.8. The van der Waals surface area contributed by atoms with Gasteiger partial charge in [-0.25, -0.2) is 4.79 Å². The Balaban J connectivity index is 1.58. The summed E-state index contributed by atoms with van der Waals surface area (Å²) in [5.74, 6) is -0.332. The van der Waals surface area contributed by atoms with Gasteiger partial charge in [0.05, 0.1) is 12.6 Å². The molecule has 0 unspecified atom stereocenters. The Hall–Kier alpha value is -3.35. The summed E-state index contributed by atoms with van der Waals surface area (Å²) in [6.45, 7) is 0. The molecule has 25 heavy (non-hydrogen) atoms. The number of hydrogen-bond acceptors (Lipinski definition) is 5. The third kappa shape index (κ3) is 3.95. The minimum atomic E-state index is -0.571. The lowest BCUT2D eigenvalue weighted by Gasteiger charge is -2.06. The molecule has 0 fully saturated rings. The first-order valence-electron chi connectivity index (χ1n) is 7.65. The second-order valence-corrected chi connectivity index (χ2v) is 5.43. The molecule has 7 nitrogen and oxygen atoms in total. The summed E-state index contributed by atoms with van der Waals surface area (Å²) in [6.07, 6.45) is 0.113. The van der Waals surface area contributed by atoms with E-state index in [0.717, 1.165) is 0 Å². The number of benzene rings is 2. The average molecular weight is 340 g/mol. The summed E-state index contributed by atoms with van der Waals surface area (Å²) in [7, 11) is 1.56. The van der Waals surface area contributed by atoms with Gasteiger partial charge in [-0.2, -0.15) is 0 Å². The van der Waals surface area contributed by atoms with Crippen LogP contribution in [-0.4, -0.2) is 23.8 Å². The zero-order valence-corrected chi connectivity index (χ0v) is 13.5. The molecular weight excluding hydrogens is 324 g/mol. The molecule has 0 aliphatic heterocycles. The summed E-state index contributed by atoms with van der Waals surface area (Å²) in [5.41, 5.74) is 1.87. The molecule has 1 aromatic heterocycles. The minimum Gasteiger partial charge on any atom is -0.497 e. The number of carbonyl (C=O) groups is 2. The van der Waals surface area contributed by atoms with Gasteiger partial charge in [-0.3, -0.25) is 14.6 Å². The Bertz CT molecular complexity index is 969. The Labute approximate surface area is 142 Å². The van der Waals surface area contributed by atoms with Crippen molar-refractivity contribution in [1.82, 2.24) is 4.98 Å². The smallest absolute Gasteiger partial charge is 0.417 e. The van der Waals surface area contributed by atoms with Crippen LogP contribution < -0.4 is 15.8 Å². The average Bonchev–Trinajstić information content (AvgIpc) is 2.99. The predicted molar refractivity (Wildman–Crippen MR) is 92.0 cm³/mol. The van der Waals surface area contributed by atoms with Gasteiger partial charge in [-0.15, -0.1) is 0 Å². The molecule has 0 saturated heterocycles. The van der Waals surface area contributed by atoms with Crippen LogP contribution in [0.2, 0.25) is 0 Å². The molecule has 0 aliphatic rings. The van der Waals surface area contributed by atoms with E-state index in [1.54, 1.807) is 43.5 Å². The van der Waals surface area contributed by atoms with Gasteiger partial charge in [0.2, 0.25) is 5.91 Å². The Morgan fingerprint density at radius 3 is 2.60 bits per heavy atom. The molecule has 3 aromatic rings. The van der Waals surface area contributed by atoms with Crippen molar-refractivity contribution in [3.8, 4) is 5.75 Å². The second kappa shape index (κ2) is 7.04. The predicted octanol–water partition coefficient (Wildman–Crippen LogP) is 2.73. The highest BCUT2D eigenvalue weighted by Gasteiger charge is 2.12. The van der Waals surface area contributed by atoms with Crippen LogP contribution >= 0.6 is 0 Å². The van der Waals surface area contributed by atoms with Crippen LogP contribution in [0.5, 0.6) is 5.75 Å². The van der Waals surface area contributed by atoms with E-state index in [9.17, 15) is 14.4 Å². The van der Waals surface area contributed by atoms with Crippen molar-refractivity contribution in [2.45, 2.75) is 12.8 Å². The largest absolute Gasteiger partial charge is 0.497 e. The number of aromatic amines is 1. The van der Waals surface area contributed by atoms with Crippen LogP contribution in [0.4, 0.5) is 5.69 Å². The van der Waals surface area contributed by atoms with Crippen molar-refractivity contribution < 1.29 is 18.7 Å². The monoisotopic (exact) mass is 340 g/mol. The van der Waals surface area contributed by atoms with Gasteiger partial charge in [-0.1, -0.05) is 0 Å². The fourth-order valence-corrected chi connectivity index (χ4v) is 2.39. The number of amides is 1. The molecule has 0 saturated carbocycles. The van der Waals surface area contributed by atoms with Crippen LogP contribution in [0.3, 0.4) is 0 Å². The van der Waals surface area contributed by atoms with E-state index in [2.05, 4.69) is 10.3 Å². The van der Waals surface area contributed by atoms with E-state index < -0.39 is 5.76 Å². The molecule has 0 radical (unpaired) electrons. The number of fused-ring (bicyclic) bond motifs is 1. The number of rotatable bonds is 6. The van der Waals surface area contributed by atoms with Gasteiger partial charge in [0.15, 0.2) is 11.4 Å². The van der Waals surface area contributed by atoms with E-state index in [1.165, 1.54) is 6.07 Å². The molecule has 2 N–H and O–H groups in total. The van der Waals surface area contributed by atoms with Gasteiger partial charge in [-0.05, 0) is 42.5 Å². The van der Waals surface area contributed by atoms with Crippen molar-refractivity contribution in [3.63, 3.8) is 0 Å². The highest BCUT2D eigenvalue weighted by Crippen LogP contribution is 2.17. The number of oxazole rings is 1. The molecule has 0 bridgehead atoms. The Kier molecular flexibility index (Phi) is 4.65. The van der Waals surface area contributed by atoms with Crippen LogP contribution in [0.25, 0.3) is 11.1 Å². The van der Waals surface area contributed by atoms with Crippen molar-refractivity contribution in [1.29, 1.82) is 0 Å². The highest BCUT2D eigenvalue weighted by molar-refractivity contribution is 6.01. The Morgan fingerprint density at radius 2 is 1.88 bits per heavy atom. The highest BCUT2D eigenvalue weighted by atomic mass is 16.5. The van der Waals surface area contributed by atoms with Crippen LogP contribution in [-0.2, 0) is 4.79 Å². The van der Waals surface area contributed by atoms with E-state index in [0.29, 0.717) is 28.1 Å². The molecule has 0 spiro atoms. The van der Waals surface area contributed by atoms with Gasteiger partial charge < -0.3 is 14.5 Å². The summed E-state index contributed by atoms with van der Waals surface area (Å²) >= 11 is 0. The topological polar surface area (TPSA) is 101 Å². The molecule has 128 valence electrons. The van der Waals surface area contributed by atoms with Crippen molar-refractivity contribution in [3.05, 3.63) is 58.6 Å². The Morgan fingerprint density at radius 1 is 1.12 bits per heavy atom. The lowest BCUT2D eigenvalue weighted by atomic mass is 10.1. The van der Waals surface area contributed by atoms with Crippen molar-refractivity contribution >= 4 is 28.5 Å². The maximum absolute atomic E-state index is 12.2. The van der Waals surface area contributed by atoms with Crippen molar-refractivity contribution in [2.24, 2.45) is 0 Å². The standard InChI is InChI=1S/C18H16N2O5/c1-24-13-5-3-12(4-6-13)19-17(22)9-8-15(21)11-2-7-14-16(10-11)25-18(23)20-14/h2-7,10H,8-9H2,1H3,(H,19,22)(H,20,23). The molecule has 1 heterocycles. The molecular formula is C18H16N2O5. The fourth-order valence-electron chi connectivity index (χ4n) is 2.39. The number of ether oxygens (including phenoxy) is 1. The third-order valence-corrected chi connectivity index (χ3v) is 3.70. The minimum absolute atomic E-state index is 0.0555. The molecule has 0 atom stereocenters. The van der Waals surface area contributed by atoms with E-state index in [4.69, 9.17) is 9.15 Å². The molecule has 3 rings (SSSR count). The van der Waals surface area contributed by atoms with E-state index >= 15 is 0 Å². The second-order valence-electron chi connectivity index (χ2n) is 5.43. The summed E-state index contributed by atoms with van der Waals surface area (Å²) in [4.78, 5) is 37.8. The summed E-state index contributed by atoms with van der Waals surface area (Å²) in [5, 5.41) is 2.72. The van der Waals surface area contributed by atoms with Crippen molar-refractivity contribution in [2.75, 3.05) is 12.4 Å². The van der Waals surface area contributed by atoms with Crippen LogP contribution in [0.1, 0.15) is 23.2 Å². The number of hydrogen-bond donors (Lipinski definition) is 2. The summed E-state index contributed by atoms with van der Waals surface area (Å²) < 4.78 is 9.98. The first kappa shape index (κ1) is 16.5. The quantitative estimate of drug-likeness (QED) is 0.672. The van der Waals surface area contributed by atoms with Crippen LogP contribution in [0, 0.1) is 0 Å². The molecule has 1 amide bonds. The fraction of sp³-hybridized carbons (Fsp3) is 0.167. The number of Topliss-reactive ketones (excluding diaryl/α,β-unsaturated/α-hetero) is 1. The molecule has 2 aromatic carbocycles. The number of aromatic nitrogens is 1. The van der Waals surface area contributed by atoms with E-state index in [-0.39, 0.29) is 24.5 Å². The SMILES string of the molecule is COc1ccc(NC(=O)CCC(=O)c2ccc3[nH]c(=O)oc3c2)cc1. The lowest BCUT2D eigenvalue weighted by Crippen LogP contribution is -2.13. The first-order chi connectivity index (χ1) is 12.0. The van der Waals surface area contributed by atoms with Gasteiger partial charge in [0.25, 0.3) is 0 Å². The first-order valence-corrected chi connectivity index (χ1v) is 7.65.